The summed E-state index contributed by atoms with van der Waals surface area (Å²) in [6.45, 7) is 7.42. The minimum absolute atomic E-state index is 0.0138. The van der Waals surface area contributed by atoms with Gasteiger partial charge in [0, 0.05) is 38.9 Å². The van der Waals surface area contributed by atoms with Gasteiger partial charge in [0.25, 0.3) is 5.91 Å². The fourth-order valence-corrected chi connectivity index (χ4v) is 4.18. The number of amides is 2. The summed E-state index contributed by atoms with van der Waals surface area (Å²) >= 11 is 0. The number of benzene rings is 1. The van der Waals surface area contributed by atoms with Gasteiger partial charge in [-0.1, -0.05) is 6.07 Å². The van der Waals surface area contributed by atoms with E-state index in [9.17, 15) is 9.59 Å². The van der Waals surface area contributed by atoms with Gasteiger partial charge in [0.05, 0.1) is 14.2 Å². The van der Waals surface area contributed by atoms with Crippen molar-refractivity contribution in [2.75, 3.05) is 40.9 Å². The Bertz CT molecular complexity index is 987. The average Bonchev–Trinajstić information content (AvgIpc) is 3.30. The maximum Gasteiger partial charge on any atom is 0.410 e. The van der Waals surface area contributed by atoms with Crippen molar-refractivity contribution in [2.24, 2.45) is 0 Å². The molecule has 0 bridgehead atoms. The standard InChI is InChI=1S/C26H37N3O5/c1-26(2,3)34-25(31)28-16-12-20(13-17-28)29-14-7-8-21(29)24(30)27(4)15-11-19-9-10-22(32-5)23(18-19)33-6/h7-10,14,18,20H,11-13,15-17H2,1-6H3. The van der Waals surface area contributed by atoms with Crippen LogP contribution in [-0.4, -0.2) is 72.9 Å². The Labute approximate surface area is 202 Å². The van der Waals surface area contributed by atoms with Crippen LogP contribution in [0, 0.1) is 0 Å². The zero-order valence-electron chi connectivity index (χ0n) is 21.2. The smallest absolute Gasteiger partial charge is 0.410 e. The van der Waals surface area contributed by atoms with Gasteiger partial charge in [-0.3, -0.25) is 4.79 Å². The molecule has 2 amide bonds. The van der Waals surface area contributed by atoms with E-state index < -0.39 is 5.60 Å². The Morgan fingerprint density at radius 1 is 1.06 bits per heavy atom. The van der Waals surface area contributed by atoms with E-state index in [1.165, 1.54) is 0 Å². The summed E-state index contributed by atoms with van der Waals surface area (Å²) in [5, 5.41) is 0. The van der Waals surface area contributed by atoms with Crippen molar-refractivity contribution in [1.29, 1.82) is 0 Å². The fraction of sp³-hybridized carbons (Fsp3) is 0.538. The molecule has 1 aliphatic heterocycles. The van der Waals surface area contributed by atoms with E-state index in [2.05, 4.69) is 4.57 Å². The van der Waals surface area contributed by atoms with Crippen LogP contribution in [0.15, 0.2) is 36.5 Å². The molecule has 0 unspecified atom stereocenters. The van der Waals surface area contributed by atoms with Crippen LogP contribution in [0.4, 0.5) is 4.79 Å². The first-order valence-corrected chi connectivity index (χ1v) is 11.7. The highest BCUT2D eigenvalue weighted by molar-refractivity contribution is 5.92. The predicted octanol–water partition coefficient (Wildman–Crippen LogP) is 4.39. The molecule has 0 atom stereocenters. The molecule has 8 nitrogen and oxygen atoms in total. The number of ether oxygens (including phenoxy) is 3. The van der Waals surface area contributed by atoms with Crippen LogP contribution >= 0.6 is 0 Å². The van der Waals surface area contributed by atoms with Crippen LogP contribution in [0.3, 0.4) is 0 Å². The van der Waals surface area contributed by atoms with Gasteiger partial charge in [-0.05, 0) is 69.9 Å². The minimum atomic E-state index is -0.504. The van der Waals surface area contributed by atoms with Gasteiger partial charge in [-0.25, -0.2) is 4.79 Å². The van der Waals surface area contributed by atoms with E-state index in [0.717, 1.165) is 18.4 Å². The molecule has 1 aromatic carbocycles. The Morgan fingerprint density at radius 3 is 2.35 bits per heavy atom. The monoisotopic (exact) mass is 471 g/mol. The summed E-state index contributed by atoms with van der Waals surface area (Å²) in [7, 11) is 5.05. The van der Waals surface area contributed by atoms with Gasteiger partial charge in [-0.2, -0.15) is 0 Å². The number of nitrogens with zero attached hydrogens (tertiary/aromatic N) is 3. The maximum absolute atomic E-state index is 13.2. The molecule has 1 saturated heterocycles. The first-order valence-electron chi connectivity index (χ1n) is 11.7. The van der Waals surface area contributed by atoms with Gasteiger partial charge in [-0.15, -0.1) is 0 Å². The Balaban J connectivity index is 1.58. The summed E-state index contributed by atoms with van der Waals surface area (Å²) in [5.41, 5.74) is 1.24. The van der Waals surface area contributed by atoms with E-state index in [0.29, 0.717) is 43.2 Å². The quantitative estimate of drug-likeness (QED) is 0.599. The molecule has 0 aliphatic carbocycles. The second-order valence-electron chi connectivity index (χ2n) is 9.67. The number of carbonyl (C=O) groups excluding carboxylic acids is 2. The Kier molecular flexibility index (Phi) is 8.12. The molecule has 0 saturated carbocycles. The van der Waals surface area contributed by atoms with Crippen molar-refractivity contribution in [2.45, 2.75) is 51.7 Å². The lowest BCUT2D eigenvalue weighted by Gasteiger charge is -2.34. The highest BCUT2D eigenvalue weighted by Gasteiger charge is 2.29. The van der Waals surface area contributed by atoms with Crippen LogP contribution in [-0.2, 0) is 11.2 Å². The summed E-state index contributed by atoms with van der Waals surface area (Å²) in [4.78, 5) is 29.1. The van der Waals surface area contributed by atoms with Gasteiger partial charge in [0.15, 0.2) is 11.5 Å². The van der Waals surface area contributed by atoms with Crippen molar-refractivity contribution < 1.29 is 23.8 Å². The summed E-state index contributed by atoms with van der Waals surface area (Å²) < 4.78 is 18.2. The van der Waals surface area contributed by atoms with Crippen molar-refractivity contribution in [3.8, 4) is 11.5 Å². The third-order valence-corrected chi connectivity index (χ3v) is 6.04. The van der Waals surface area contributed by atoms with Crippen LogP contribution in [0.25, 0.3) is 0 Å². The number of hydrogen-bond acceptors (Lipinski definition) is 5. The van der Waals surface area contributed by atoms with Crippen molar-refractivity contribution in [1.82, 2.24) is 14.4 Å². The molecule has 8 heteroatoms. The number of hydrogen-bond donors (Lipinski definition) is 0. The largest absolute Gasteiger partial charge is 0.493 e. The van der Waals surface area contributed by atoms with Crippen molar-refractivity contribution >= 4 is 12.0 Å². The van der Waals surface area contributed by atoms with Crippen LogP contribution in [0.1, 0.15) is 55.7 Å². The second-order valence-corrected chi connectivity index (χ2v) is 9.67. The van der Waals surface area contributed by atoms with E-state index in [-0.39, 0.29) is 18.0 Å². The van der Waals surface area contributed by atoms with Gasteiger partial charge in [0.1, 0.15) is 11.3 Å². The third-order valence-electron chi connectivity index (χ3n) is 6.04. The van der Waals surface area contributed by atoms with E-state index in [1.807, 2.05) is 64.3 Å². The lowest BCUT2D eigenvalue weighted by molar-refractivity contribution is 0.0186. The lowest BCUT2D eigenvalue weighted by Crippen LogP contribution is -2.42. The Morgan fingerprint density at radius 2 is 1.74 bits per heavy atom. The molecule has 3 rings (SSSR count). The molecule has 34 heavy (non-hydrogen) atoms. The first kappa shape index (κ1) is 25.5. The molecule has 1 fully saturated rings. The molecule has 0 N–H and O–H groups in total. The van der Waals surface area contributed by atoms with Gasteiger partial charge < -0.3 is 28.6 Å². The number of likely N-dealkylation sites (tertiary alicyclic amines) is 1. The SMILES string of the molecule is COc1ccc(CCN(C)C(=O)c2cccn2C2CCN(C(=O)OC(C)(C)C)CC2)cc1OC. The van der Waals surface area contributed by atoms with Gasteiger partial charge >= 0.3 is 6.09 Å². The molecule has 2 heterocycles. The summed E-state index contributed by atoms with van der Waals surface area (Å²) in [6.07, 6.45) is 3.96. The zero-order valence-corrected chi connectivity index (χ0v) is 21.2. The van der Waals surface area contributed by atoms with E-state index in [1.54, 1.807) is 24.0 Å². The normalized spacial score (nSPS) is 14.6. The number of carbonyl (C=O) groups is 2. The predicted molar refractivity (Wildman–Crippen MR) is 131 cm³/mol. The number of methoxy groups -OCH3 is 2. The van der Waals surface area contributed by atoms with Crippen LogP contribution in [0.2, 0.25) is 0 Å². The van der Waals surface area contributed by atoms with Crippen molar-refractivity contribution in [3.63, 3.8) is 0 Å². The zero-order chi connectivity index (χ0) is 24.9. The summed E-state index contributed by atoms with van der Waals surface area (Å²) in [6, 6.07) is 9.77. The summed E-state index contributed by atoms with van der Waals surface area (Å²) in [5.74, 6) is 1.35. The molecular formula is C26H37N3O5. The highest BCUT2D eigenvalue weighted by Crippen LogP contribution is 2.28. The van der Waals surface area contributed by atoms with Crippen molar-refractivity contribution in [3.05, 3.63) is 47.8 Å². The van der Waals surface area contributed by atoms with Crippen LogP contribution in [0.5, 0.6) is 11.5 Å². The minimum Gasteiger partial charge on any atom is -0.493 e. The van der Waals surface area contributed by atoms with Gasteiger partial charge in [0.2, 0.25) is 0 Å². The molecule has 0 radical (unpaired) electrons. The number of aromatic nitrogens is 1. The first-order chi connectivity index (χ1) is 16.1. The topological polar surface area (TPSA) is 73.2 Å². The molecule has 186 valence electrons. The number of likely N-dealkylation sites (N-methyl/N-ethyl adjacent to an activating group) is 1. The molecule has 2 aromatic rings. The molecule has 1 aromatic heterocycles. The second kappa shape index (κ2) is 10.8. The molecule has 1 aliphatic rings. The molecular weight excluding hydrogens is 434 g/mol. The Hall–Kier alpha value is -3.16. The number of rotatable bonds is 7. The maximum atomic E-state index is 13.2. The lowest BCUT2D eigenvalue weighted by atomic mass is 10.0. The average molecular weight is 472 g/mol. The van der Waals surface area contributed by atoms with Crippen LogP contribution < -0.4 is 9.47 Å². The van der Waals surface area contributed by atoms with E-state index in [4.69, 9.17) is 14.2 Å². The van der Waals surface area contributed by atoms with E-state index >= 15 is 0 Å². The fourth-order valence-electron chi connectivity index (χ4n) is 4.18. The number of piperidine rings is 1. The molecule has 0 spiro atoms. The highest BCUT2D eigenvalue weighted by atomic mass is 16.6. The third kappa shape index (κ3) is 6.24.